The van der Waals surface area contributed by atoms with Gasteiger partial charge in [-0.05, 0) is 29.2 Å². The van der Waals surface area contributed by atoms with Gasteiger partial charge in [0, 0.05) is 37.5 Å². The summed E-state index contributed by atoms with van der Waals surface area (Å²) in [5, 5.41) is 3.98. The highest BCUT2D eigenvalue weighted by atomic mass is 35.5. The summed E-state index contributed by atoms with van der Waals surface area (Å²) in [6, 6.07) is 19.6. The molecule has 1 aromatic heterocycles. The molecule has 3 aromatic rings. The number of hydrogen-bond donors (Lipinski definition) is 1. The Morgan fingerprint density at radius 2 is 1.77 bits per heavy atom. The fourth-order valence-corrected chi connectivity index (χ4v) is 3.92. The minimum Gasteiger partial charge on any atom is -0.355 e. The molecule has 31 heavy (non-hydrogen) atoms. The second kappa shape index (κ2) is 11.2. The summed E-state index contributed by atoms with van der Waals surface area (Å²) in [5.74, 6) is 1.85. The van der Waals surface area contributed by atoms with E-state index in [1.165, 1.54) is 17.3 Å². The standard InChI is InChI=1S/C24H27ClN4OS/c1-17(2)14-26-23(30)20-11-9-19(10-12-20)16-31-24-27-21(25)13-22(28-24)29(3)15-18-7-5-4-6-8-18/h4-13,17H,14-16H2,1-3H3,(H,26,30). The fraction of sp³-hybridized carbons (Fsp3) is 0.292. The Hall–Kier alpha value is -2.57. The second-order valence-electron chi connectivity index (χ2n) is 7.76. The molecule has 0 fully saturated rings. The number of nitrogens with zero attached hydrogens (tertiary/aromatic N) is 3. The predicted molar refractivity (Wildman–Crippen MR) is 129 cm³/mol. The minimum atomic E-state index is -0.0443. The van der Waals surface area contributed by atoms with Crippen molar-refractivity contribution in [1.82, 2.24) is 15.3 Å². The zero-order chi connectivity index (χ0) is 22.2. The first-order valence-electron chi connectivity index (χ1n) is 10.2. The van der Waals surface area contributed by atoms with E-state index in [0.717, 1.165) is 17.9 Å². The number of anilines is 1. The Bertz CT molecular complexity index is 996. The number of nitrogens with one attached hydrogen (secondary N) is 1. The molecule has 5 nitrogen and oxygen atoms in total. The molecule has 1 heterocycles. The molecule has 0 aliphatic carbocycles. The highest BCUT2D eigenvalue weighted by molar-refractivity contribution is 7.98. The van der Waals surface area contributed by atoms with Crippen molar-refractivity contribution in [2.45, 2.75) is 31.3 Å². The average molecular weight is 455 g/mol. The Morgan fingerprint density at radius 3 is 2.45 bits per heavy atom. The summed E-state index contributed by atoms with van der Waals surface area (Å²) in [5.41, 5.74) is 2.96. The Labute approximate surface area is 193 Å². The van der Waals surface area contributed by atoms with Crippen LogP contribution < -0.4 is 10.2 Å². The molecule has 0 aliphatic rings. The zero-order valence-electron chi connectivity index (χ0n) is 18.0. The van der Waals surface area contributed by atoms with Crippen LogP contribution in [-0.4, -0.2) is 29.5 Å². The van der Waals surface area contributed by atoms with E-state index < -0.39 is 0 Å². The first-order valence-corrected chi connectivity index (χ1v) is 11.6. The van der Waals surface area contributed by atoms with E-state index in [2.05, 4.69) is 46.2 Å². The Morgan fingerprint density at radius 1 is 1.06 bits per heavy atom. The normalized spacial score (nSPS) is 10.9. The van der Waals surface area contributed by atoms with Crippen LogP contribution in [0, 0.1) is 5.92 Å². The van der Waals surface area contributed by atoms with Crippen molar-refractivity contribution in [3.63, 3.8) is 0 Å². The van der Waals surface area contributed by atoms with Gasteiger partial charge in [-0.25, -0.2) is 9.97 Å². The van der Waals surface area contributed by atoms with Gasteiger partial charge >= 0.3 is 0 Å². The van der Waals surface area contributed by atoms with Crippen LogP contribution in [0.25, 0.3) is 0 Å². The number of aromatic nitrogens is 2. The molecule has 0 spiro atoms. The van der Waals surface area contributed by atoms with Gasteiger partial charge in [-0.15, -0.1) is 0 Å². The smallest absolute Gasteiger partial charge is 0.251 e. The van der Waals surface area contributed by atoms with Crippen LogP contribution in [0.5, 0.6) is 0 Å². The van der Waals surface area contributed by atoms with Crippen LogP contribution in [0.15, 0.2) is 65.8 Å². The number of benzene rings is 2. The molecule has 0 saturated heterocycles. The Kier molecular flexibility index (Phi) is 8.32. The first-order chi connectivity index (χ1) is 14.9. The van der Waals surface area contributed by atoms with Gasteiger partial charge in [0.1, 0.15) is 11.0 Å². The Balaban J connectivity index is 1.60. The van der Waals surface area contributed by atoms with Crippen LogP contribution in [0.4, 0.5) is 5.82 Å². The lowest BCUT2D eigenvalue weighted by Crippen LogP contribution is -2.27. The van der Waals surface area contributed by atoms with Gasteiger partial charge in [-0.3, -0.25) is 4.79 Å². The van der Waals surface area contributed by atoms with E-state index >= 15 is 0 Å². The average Bonchev–Trinajstić information content (AvgIpc) is 2.76. The molecule has 0 radical (unpaired) electrons. The molecule has 0 unspecified atom stereocenters. The monoisotopic (exact) mass is 454 g/mol. The van der Waals surface area contributed by atoms with E-state index in [0.29, 0.717) is 34.1 Å². The van der Waals surface area contributed by atoms with Crippen molar-refractivity contribution in [1.29, 1.82) is 0 Å². The molecule has 162 valence electrons. The van der Waals surface area contributed by atoms with Gasteiger partial charge in [0.2, 0.25) is 0 Å². The van der Waals surface area contributed by atoms with E-state index in [1.54, 1.807) is 6.07 Å². The molecular weight excluding hydrogens is 428 g/mol. The van der Waals surface area contributed by atoms with Crippen molar-refractivity contribution in [2.75, 3.05) is 18.5 Å². The van der Waals surface area contributed by atoms with E-state index in [9.17, 15) is 4.79 Å². The highest BCUT2D eigenvalue weighted by Gasteiger charge is 2.10. The lowest BCUT2D eigenvalue weighted by Gasteiger charge is -2.19. The van der Waals surface area contributed by atoms with Gasteiger partial charge in [0.05, 0.1) is 0 Å². The zero-order valence-corrected chi connectivity index (χ0v) is 19.6. The molecule has 0 saturated carbocycles. The maximum atomic E-state index is 12.2. The molecular formula is C24H27ClN4OS. The van der Waals surface area contributed by atoms with Crippen molar-refractivity contribution in [3.8, 4) is 0 Å². The predicted octanol–water partition coefficient (Wildman–Crippen LogP) is 5.44. The van der Waals surface area contributed by atoms with Crippen molar-refractivity contribution in [2.24, 2.45) is 5.92 Å². The first kappa shape index (κ1) is 23.1. The van der Waals surface area contributed by atoms with Crippen molar-refractivity contribution < 1.29 is 4.79 Å². The fourth-order valence-electron chi connectivity index (χ4n) is 2.88. The number of hydrogen-bond acceptors (Lipinski definition) is 5. The summed E-state index contributed by atoms with van der Waals surface area (Å²) in [6.45, 7) is 5.55. The molecule has 2 aromatic carbocycles. The van der Waals surface area contributed by atoms with E-state index in [-0.39, 0.29) is 5.91 Å². The summed E-state index contributed by atoms with van der Waals surface area (Å²) < 4.78 is 0. The number of thioether (sulfide) groups is 1. The number of carbonyl (C=O) groups excluding carboxylic acids is 1. The maximum Gasteiger partial charge on any atom is 0.251 e. The third-order valence-corrected chi connectivity index (χ3v) is 5.68. The summed E-state index contributed by atoms with van der Waals surface area (Å²) >= 11 is 7.77. The number of halogens is 1. The van der Waals surface area contributed by atoms with Gasteiger partial charge in [0.25, 0.3) is 5.91 Å². The number of amides is 1. The third-order valence-electron chi connectivity index (χ3n) is 4.57. The third kappa shape index (κ3) is 7.26. The summed E-state index contributed by atoms with van der Waals surface area (Å²) in [4.78, 5) is 23.2. The van der Waals surface area contributed by atoms with Crippen LogP contribution in [-0.2, 0) is 12.3 Å². The van der Waals surface area contributed by atoms with Crippen molar-refractivity contribution in [3.05, 3.63) is 82.5 Å². The molecule has 7 heteroatoms. The SMILES string of the molecule is CC(C)CNC(=O)c1ccc(CSc2nc(Cl)cc(N(C)Cc3ccccc3)n2)cc1. The summed E-state index contributed by atoms with van der Waals surface area (Å²) in [7, 11) is 1.99. The molecule has 0 atom stereocenters. The molecule has 3 rings (SSSR count). The van der Waals surface area contributed by atoms with E-state index in [4.69, 9.17) is 11.6 Å². The molecule has 1 amide bonds. The van der Waals surface area contributed by atoms with Crippen LogP contribution in [0.1, 0.15) is 35.3 Å². The largest absolute Gasteiger partial charge is 0.355 e. The number of rotatable bonds is 9. The van der Waals surface area contributed by atoms with Crippen LogP contribution >= 0.6 is 23.4 Å². The van der Waals surface area contributed by atoms with Gasteiger partial charge in [0.15, 0.2) is 5.16 Å². The topological polar surface area (TPSA) is 58.1 Å². The second-order valence-corrected chi connectivity index (χ2v) is 9.09. The van der Waals surface area contributed by atoms with E-state index in [1.807, 2.05) is 49.5 Å². The number of carbonyl (C=O) groups is 1. The minimum absolute atomic E-state index is 0.0443. The maximum absolute atomic E-state index is 12.2. The molecule has 0 aliphatic heterocycles. The summed E-state index contributed by atoms with van der Waals surface area (Å²) in [6.07, 6.45) is 0. The van der Waals surface area contributed by atoms with Crippen molar-refractivity contribution >= 4 is 35.1 Å². The molecule has 0 bridgehead atoms. The van der Waals surface area contributed by atoms with Crippen LogP contribution in [0.2, 0.25) is 5.15 Å². The van der Waals surface area contributed by atoms with Gasteiger partial charge < -0.3 is 10.2 Å². The van der Waals surface area contributed by atoms with Crippen LogP contribution in [0.3, 0.4) is 0 Å². The lowest BCUT2D eigenvalue weighted by molar-refractivity contribution is 0.0949. The van der Waals surface area contributed by atoms with Gasteiger partial charge in [-0.1, -0.05) is 79.7 Å². The molecule has 1 N–H and O–H groups in total. The quantitative estimate of drug-likeness (QED) is 0.265. The van der Waals surface area contributed by atoms with Gasteiger partial charge in [-0.2, -0.15) is 0 Å². The highest BCUT2D eigenvalue weighted by Crippen LogP contribution is 2.25. The lowest BCUT2D eigenvalue weighted by atomic mass is 10.1.